The Kier molecular flexibility index (Phi) is 2.02. The normalized spacial score (nSPS) is 12.3. The lowest BCUT2D eigenvalue weighted by molar-refractivity contribution is -0.140. The van der Waals surface area contributed by atoms with Gasteiger partial charge in [-0.3, -0.25) is 0 Å². The number of hydrogen-bond donors (Lipinski definition) is 1. The number of alkyl halides is 3. The summed E-state index contributed by atoms with van der Waals surface area (Å²) in [6, 6.07) is 2.31. The molecule has 2 aromatic rings. The molecule has 0 fully saturated rings. The van der Waals surface area contributed by atoms with Gasteiger partial charge in [-0.05, 0) is 28.1 Å². The summed E-state index contributed by atoms with van der Waals surface area (Å²) < 4.78 is 37.3. The number of nitrogens with one attached hydrogen (secondary N) is 1. The molecule has 0 aromatic carbocycles. The Morgan fingerprint density at radius 3 is 2.64 bits per heavy atom. The molecule has 0 amide bonds. The van der Waals surface area contributed by atoms with E-state index in [1.54, 1.807) is 6.20 Å². The Hall–Kier alpha value is -1.04. The summed E-state index contributed by atoms with van der Waals surface area (Å²) in [5.41, 5.74) is -0.0185. The second-order valence-electron chi connectivity index (χ2n) is 2.73. The van der Waals surface area contributed by atoms with Crippen LogP contribution in [0.2, 0.25) is 0 Å². The van der Waals surface area contributed by atoms with E-state index in [2.05, 4.69) is 25.9 Å². The van der Waals surface area contributed by atoms with Crippen LogP contribution >= 0.6 is 15.9 Å². The van der Waals surface area contributed by atoms with E-state index in [4.69, 9.17) is 0 Å². The molecule has 0 aliphatic carbocycles. The van der Waals surface area contributed by atoms with Crippen molar-refractivity contribution >= 4 is 27.0 Å². The lowest BCUT2D eigenvalue weighted by Gasteiger charge is -2.04. The Labute approximate surface area is 85.3 Å². The summed E-state index contributed by atoms with van der Waals surface area (Å²) in [7, 11) is 0. The zero-order valence-corrected chi connectivity index (χ0v) is 8.28. The number of pyridine rings is 1. The highest BCUT2D eigenvalue weighted by Gasteiger charge is 2.32. The zero-order valence-electron chi connectivity index (χ0n) is 6.69. The third-order valence-electron chi connectivity index (χ3n) is 1.77. The van der Waals surface area contributed by atoms with Crippen LogP contribution in [0.5, 0.6) is 0 Å². The predicted molar refractivity (Wildman–Crippen MR) is 48.8 cm³/mol. The second kappa shape index (κ2) is 2.98. The highest BCUT2D eigenvalue weighted by Crippen LogP contribution is 2.30. The first kappa shape index (κ1) is 9.51. The minimum atomic E-state index is -4.40. The number of fused-ring (bicyclic) bond motifs is 1. The van der Waals surface area contributed by atoms with Crippen molar-refractivity contribution < 1.29 is 13.2 Å². The predicted octanol–water partition coefficient (Wildman–Crippen LogP) is 3.34. The molecule has 0 aliphatic heterocycles. The molecule has 0 spiro atoms. The van der Waals surface area contributed by atoms with E-state index in [9.17, 15) is 13.2 Å². The Balaban J connectivity index is 2.66. The molecule has 0 atom stereocenters. The fourth-order valence-corrected chi connectivity index (χ4v) is 1.54. The molecular weight excluding hydrogens is 261 g/mol. The maximum atomic E-state index is 12.3. The first-order chi connectivity index (χ1) is 6.48. The first-order valence-electron chi connectivity index (χ1n) is 3.69. The third-order valence-corrected chi connectivity index (χ3v) is 2.37. The molecule has 0 aliphatic rings. The molecule has 0 saturated carbocycles. The van der Waals surface area contributed by atoms with Crippen LogP contribution in [0.15, 0.2) is 22.8 Å². The van der Waals surface area contributed by atoms with Crippen molar-refractivity contribution in [3.8, 4) is 0 Å². The smallest absolute Gasteiger partial charge is 0.359 e. The van der Waals surface area contributed by atoms with Gasteiger partial charge < -0.3 is 4.98 Å². The van der Waals surface area contributed by atoms with Crippen LogP contribution < -0.4 is 0 Å². The molecule has 2 heterocycles. The molecule has 1 N–H and O–H groups in total. The van der Waals surface area contributed by atoms with Crippen molar-refractivity contribution in [2.45, 2.75) is 6.18 Å². The summed E-state index contributed by atoms with van der Waals surface area (Å²) in [5, 5.41) is 0. The fraction of sp³-hybridized carbons (Fsp3) is 0.125. The molecule has 0 saturated heterocycles. The van der Waals surface area contributed by atoms with Crippen molar-refractivity contribution in [2.24, 2.45) is 0 Å². The number of aromatic amines is 1. The van der Waals surface area contributed by atoms with Crippen LogP contribution in [0.4, 0.5) is 13.2 Å². The third kappa shape index (κ3) is 1.50. The standard InChI is InChI=1S/C8H4BrF3N2/c9-4-3-13-5-1-2-6(8(10,11)12)14-7(4)5/h1-3,13H. The highest BCUT2D eigenvalue weighted by molar-refractivity contribution is 9.10. The van der Waals surface area contributed by atoms with E-state index in [-0.39, 0.29) is 0 Å². The summed E-state index contributed by atoms with van der Waals surface area (Å²) in [6.07, 6.45) is -2.84. The average Bonchev–Trinajstić information content (AvgIpc) is 2.46. The van der Waals surface area contributed by atoms with Crippen molar-refractivity contribution in [3.63, 3.8) is 0 Å². The number of H-pyrrole nitrogens is 1. The molecule has 0 radical (unpaired) electrons. The molecule has 2 rings (SSSR count). The van der Waals surface area contributed by atoms with Gasteiger partial charge in [-0.15, -0.1) is 0 Å². The van der Waals surface area contributed by atoms with E-state index in [1.807, 2.05) is 0 Å². The second-order valence-corrected chi connectivity index (χ2v) is 3.58. The van der Waals surface area contributed by atoms with Gasteiger partial charge in [-0.1, -0.05) is 0 Å². The maximum Gasteiger partial charge on any atom is 0.433 e. The lowest BCUT2D eigenvalue weighted by Crippen LogP contribution is -2.07. The Bertz CT molecular complexity index is 475. The summed E-state index contributed by atoms with van der Waals surface area (Å²) in [4.78, 5) is 6.29. The Morgan fingerprint density at radius 1 is 1.29 bits per heavy atom. The van der Waals surface area contributed by atoms with E-state index in [0.717, 1.165) is 6.07 Å². The van der Waals surface area contributed by atoms with Gasteiger partial charge in [0.2, 0.25) is 0 Å². The van der Waals surface area contributed by atoms with E-state index in [0.29, 0.717) is 15.5 Å². The topological polar surface area (TPSA) is 28.7 Å². The van der Waals surface area contributed by atoms with Gasteiger partial charge in [0, 0.05) is 6.20 Å². The molecule has 6 heteroatoms. The SMILES string of the molecule is FC(F)(F)c1ccc2[nH]cc(Br)c2n1. The highest BCUT2D eigenvalue weighted by atomic mass is 79.9. The van der Waals surface area contributed by atoms with Crippen molar-refractivity contribution in [1.29, 1.82) is 0 Å². The molecule has 2 nitrogen and oxygen atoms in total. The van der Waals surface area contributed by atoms with Gasteiger partial charge in [-0.25, -0.2) is 4.98 Å². The van der Waals surface area contributed by atoms with Gasteiger partial charge in [-0.2, -0.15) is 13.2 Å². The van der Waals surface area contributed by atoms with E-state index < -0.39 is 11.9 Å². The lowest BCUT2D eigenvalue weighted by atomic mass is 10.3. The molecule has 0 bridgehead atoms. The number of nitrogens with zero attached hydrogens (tertiary/aromatic N) is 1. The zero-order chi connectivity index (χ0) is 10.3. The van der Waals surface area contributed by atoms with Crippen LogP contribution in [0.3, 0.4) is 0 Å². The average molecular weight is 265 g/mol. The minimum Gasteiger partial charge on any atom is -0.359 e. The fourth-order valence-electron chi connectivity index (χ4n) is 1.13. The van der Waals surface area contributed by atoms with Crippen LogP contribution in [0.25, 0.3) is 11.0 Å². The molecular formula is C8H4BrF3N2. The van der Waals surface area contributed by atoms with Gasteiger partial charge in [0.25, 0.3) is 0 Å². The molecule has 2 aromatic heterocycles. The number of aromatic nitrogens is 2. The Morgan fingerprint density at radius 2 is 2.00 bits per heavy atom. The van der Waals surface area contributed by atoms with Crippen LogP contribution in [0.1, 0.15) is 5.69 Å². The van der Waals surface area contributed by atoms with Gasteiger partial charge in [0.1, 0.15) is 11.2 Å². The van der Waals surface area contributed by atoms with Crippen LogP contribution in [-0.4, -0.2) is 9.97 Å². The maximum absolute atomic E-state index is 12.3. The number of hydrogen-bond acceptors (Lipinski definition) is 1. The van der Waals surface area contributed by atoms with Crippen molar-refractivity contribution in [3.05, 3.63) is 28.5 Å². The summed E-state index contributed by atoms with van der Waals surface area (Å²) in [6.45, 7) is 0. The van der Waals surface area contributed by atoms with Crippen molar-refractivity contribution in [2.75, 3.05) is 0 Å². The minimum absolute atomic E-state index is 0.292. The largest absolute Gasteiger partial charge is 0.433 e. The number of halogens is 4. The quantitative estimate of drug-likeness (QED) is 0.777. The monoisotopic (exact) mass is 264 g/mol. The molecule has 14 heavy (non-hydrogen) atoms. The van der Waals surface area contributed by atoms with Gasteiger partial charge >= 0.3 is 6.18 Å². The van der Waals surface area contributed by atoms with Gasteiger partial charge in [0.05, 0.1) is 9.99 Å². The van der Waals surface area contributed by atoms with E-state index in [1.165, 1.54) is 6.07 Å². The summed E-state index contributed by atoms with van der Waals surface area (Å²) in [5.74, 6) is 0. The van der Waals surface area contributed by atoms with E-state index >= 15 is 0 Å². The van der Waals surface area contributed by atoms with Gasteiger partial charge in [0.15, 0.2) is 0 Å². The van der Waals surface area contributed by atoms with Crippen molar-refractivity contribution in [1.82, 2.24) is 9.97 Å². The summed E-state index contributed by atoms with van der Waals surface area (Å²) >= 11 is 3.11. The molecule has 74 valence electrons. The first-order valence-corrected chi connectivity index (χ1v) is 4.48. The molecule has 0 unspecified atom stereocenters. The van der Waals surface area contributed by atoms with Crippen LogP contribution in [-0.2, 0) is 6.18 Å². The van der Waals surface area contributed by atoms with Crippen LogP contribution in [0, 0.1) is 0 Å². The number of rotatable bonds is 0.